The molecule has 0 heterocycles. The summed E-state index contributed by atoms with van der Waals surface area (Å²) >= 11 is 0. The number of aliphatic hydroxyl groups is 1. The number of aliphatic hydroxyl groups excluding tert-OH is 1. The molecule has 93 heavy (non-hydrogen) atoms. The molecule has 0 aromatic rings. The third kappa shape index (κ3) is 67.0. The highest BCUT2D eigenvalue weighted by Crippen LogP contribution is 2.45. The van der Waals surface area contributed by atoms with Crippen LogP contribution in [0.25, 0.3) is 0 Å². The van der Waals surface area contributed by atoms with Crippen LogP contribution in [0.15, 0.2) is 0 Å². The first kappa shape index (κ1) is 91.1. The molecule has 0 bridgehead atoms. The van der Waals surface area contributed by atoms with Crippen molar-refractivity contribution in [1.82, 2.24) is 0 Å². The number of phosphoric ester groups is 2. The Kier molecular flexibility index (Phi) is 64.6. The molecule has 0 saturated carbocycles. The molecule has 0 aromatic heterocycles. The smallest absolute Gasteiger partial charge is 0.462 e. The normalized spacial score (nSPS) is 14.3. The van der Waals surface area contributed by atoms with Crippen LogP contribution in [0.5, 0.6) is 0 Å². The molecular weight excluding hydrogens is 1220 g/mol. The van der Waals surface area contributed by atoms with E-state index in [1.165, 1.54) is 193 Å². The van der Waals surface area contributed by atoms with Crippen molar-refractivity contribution in [1.29, 1.82) is 0 Å². The summed E-state index contributed by atoms with van der Waals surface area (Å²) in [6.45, 7) is 9.44. The first-order valence-electron chi connectivity index (χ1n) is 38.5. The monoisotopic (exact) mass is 1370 g/mol. The van der Waals surface area contributed by atoms with Crippen LogP contribution >= 0.6 is 15.6 Å². The minimum atomic E-state index is -4.95. The van der Waals surface area contributed by atoms with E-state index < -0.39 is 97.5 Å². The lowest BCUT2D eigenvalue weighted by molar-refractivity contribution is -0.161. The number of esters is 4. The summed E-state index contributed by atoms with van der Waals surface area (Å²) in [5, 5.41) is 10.6. The van der Waals surface area contributed by atoms with Crippen LogP contribution in [-0.2, 0) is 65.4 Å². The van der Waals surface area contributed by atoms with Crippen molar-refractivity contribution in [3.05, 3.63) is 0 Å². The van der Waals surface area contributed by atoms with Gasteiger partial charge in [0.15, 0.2) is 12.2 Å². The van der Waals surface area contributed by atoms with Gasteiger partial charge in [-0.15, -0.1) is 0 Å². The zero-order valence-corrected chi connectivity index (χ0v) is 62.3. The molecule has 552 valence electrons. The highest BCUT2D eigenvalue weighted by atomic mass is 31.2. The first-order chi connectivity index (χ1) is 44.9. The second kappa shape index (κ2) is 66.0. The van der Waals surface area contributed by atoms with Gasteiger partial charge >= 0.3 is 39.5 Å². The minimum absolute atomic E-state index is 0.101. The van der Waals surface area contributed by atoms with Crippen LogP contribution in [0, 0.1) is 11.8 Å². The fraction of sp³-hybridized carbons (Fsp3) is 0.946. The Morgan fingerprint density at radius 2 is 0.548 bits per heavy atom. The van der Waals surface area contributed by atoms with Gasteiger partial charge in [-0.1, -0.05) is 330 Å². The van der Waals surface area contributed by atoms with Gasteiger partial charge in [0.2, 0.25) is 0 Å². The maximum atomic E-state index is 13.1. The lowest BCUT2D eigenvalue weighted by Gasteiger charge is -2.21. The Bertz CT molecular complexity index is 1810. The van der Waals surface area contributed by atoms with Gasteiger partial charge in [-0.3, -0.25) is 37.3 Å². The van der Waals surface area contributed by atoms with E-state index in [0.29, 0.717) is 31.6 Å². The van der Waals surface area contributed by atoms with E-state index in [1.807, 2.05) is 0 Å². The van der Waals surface area contributed by atoms with E-state index in [-0.39, 0.29) is 25.7 Å². The van der Waals surface area contributed by atoms with Crippen molar-refractivity contribution in [2.24, 2.45) is 11.8 Å². The maximum Gasteiger partial charge on any atom is 0.472 e. The van der Waals surface area contributed by atoms with Gasteiger partial charge in [-0.25, -0.2) is 9.13 Å². The molecule has 19 heteroatoms. The Morgan fingerprint density at radius 1 is 0.312 bits per heavy atom. The molecule has 6 atom stereocenters. The fourth-order valence-corrected chi connectivity index (χ4v) is 12.8. The molecule has 0 rings (SSSR count). The number of carbonyl (C=O) groups excluding carboxylic acids is 4. The van der Waals surface area contributed by atoms with Crippen LogP contribution in [0.4, 0.5) is 0 Å². The lowest BCUT2D eigenvalue weighted by atomic mass is 9.99. The number of rotatable bonds is 73. The van der Waals surface area contributed by atoms with Crippen molar-refractivity contribution in [3.63, 3.8) is 0 Å². The van der Waals surface area contributed by atoms with Crippen LogP contribution in [0.1, 0.15) is 382 Å². The Hall–Kier alpha value is -1.94. The Labute approximate surface area is 568 Å². The standard InChI is InChI=1S/C74H144O17P2/c1-7-10-12-14-15-16-17-18-19-20-21-22-23-24-25-30-33-36-39-46-52-58-73(78)90-70(63-85-72(77)57-51-45-38-35-32-29-27-26-28-31-34-37-44-49-55-67(6)9-3)65-89-93(82,83)87-61-68(75)60-86-92(80,81)88-64-69(62-84-71(76)56-50-42-13-11-8-2)91-74(79)59-53-47-41-40-43-48-54-66(4)5/h66-70,75H,7-65H2,1-6H3,(H,80,81)(H,82,83)/t67?,68-,69+,70+/m0/s1. The molecule has 0 aromatic carbocycles. The van der Waals surface area contributed by atoms with Crippen LogP contribution < -0.4 is 0 Å². The molecule has 0 saturated heterocycles. The van der Waals surface area contributed by atoms with E-state index in [2.05, 4.69) is 41.5 Å². The van der Waals surface area contributed by atoms with Gasteiger partial charge in [0.1, 0.15) is 19.3 Å². The molecule has 0 fully saturated rings. The van der Waals surface area contributed by atoms with Crippen LogP contribution in [0.2, 0.25) is 0 Å². The largest absolute Gasteiger partial charge is 0.472 e. The molecule has 0 spiro atoms. The molecule has 0 amide bonds. The number of hydrogen-bond acceptors (Lipinski definition) is 15. The van der Waals surface area contributed by atoms with Crippen molar-refractivity contribution >= 4 is 39.5 Å². The van der Waals surface area contributed by atoms with Crippen LogP contribution in [-0.4, -0.2) is 96.7 Å². The first-order valence-corrected chi connectivity index (χ1v) is 41.5. The molecule has 3 N–H and O–H groups in total. The van der Waals surface area contributed by atoms with E-state index >= 15 is 0 Å². The zero-order valence-electron chi connectivity index (χ0n) is 60.6. The van der Waals surface area contributed by atoms with E-state index in [1.54, 1.807) is 0 Å². The van der Waals surface area contributed by atoms with Gasteiger partial charge in [0.05, 0.1) is 26.4 Å². The predicted octanol–water partition coefficient (Wildman–Crippen LogP) is 21.6. The maximum absolute atomic E-state index is 13.1. The number of unbranched alkanes of at least 4 members (excludes halogenated alkanes) is 42. The van der Waals surface area contributed by atoms with Gasteiger partial charge in [0.25, 0.3) is 0 Å². The molecule has 0 aliphatic carbocycles. The third-order valence-corrected chi connectivity index (χ3v) is 19.5. The summed E-state index contributed by atoms with van der Waals surface area (Å²) in [6, 6.07) is 0. The van der Waals surface area contributed by atoms with Crippen LogP contribution in [0.3, 0.4) is 0 Å². The highest BCUT2D eigenvalue weighted by molar-refractivity contribution is 7.47. The zero-order chi connectivity index (χ0) is 68.6. The number of ether oxygens (including phenoxy) is 4. The Morgan fingerprint density at radius 3 is 0.817 bits per heavy atom. The topological polar surface area (TPSA) is 237 Å². The fourth-order valence-electron chi connectivity index (χ4n) is 11.3. The van der Waals surface area contributed by atoms with Gasteiger partial charge in [-0.2, -0.15) is 0 Å². The number of carbonyl (C=O) groups is 4. The number of phosphoric acid groups is 2. The molecule has 0 radical (unpaired) electrons. The van der Waals surface area contributed by atoms with Crippen molar-refractivity contribution in [2.75, 3.05) is 39.6 Å². The summed E-state index contributed by atoms with van der Waals surface area (Å²) < 4.78 is 68.1. The van der Waals surface area contributed by atoms with Gasteiger partial charge in [0, 0.05) is 25.7 Å². The molecule has 17 nitrogen and oxygen atoms in total. The highest BCUT2D eigenvalue weighted by Gasteiger charge is 2.30. The summed E-state index contributed by atoms with van der Waals surface area (Å²) in [5.41, 5.74) is 0. The average molecular weight is 1370 g/mol. The third-order valence-electron chi connectivity index (χ3n) is 17.6. The SMILES string of the molecule is CCCCCCCCCCCCCCCCCCCCCCCC(=O)O[C@H](COC(=O)CCCCCCCCCCCCCCCCC(C)CC)COP(=O)(O)OC[C@@H](O)COP(=O)(O)OC[C@@H](COC(=O)CCCCCCC)OC(=O)CCCCCCCCC(C)C. The van der Waals surface area contributed by atoms with Crippen molar-refractivity contribution in [2.45, 2.75) is 400 Å². The second-order valence-electron chi connectivity index (χ2n) is 27.4. The lowest BCUT2D eigenvalue weighted by Crippen LogP contribution is -2.30. The van der Waals surface area contributed by atoms with E-state index in [0.717, 1.165) is 102 Å². The van der Waals surface area contributed by atoms with E-state index in [9.17, 15) is 43.2 Å². The average Bonchev–Trinajstić information content (AvgIpc) is 2.95. The molecule has 3 unspecified atom stereocenters. The Balaban J connectivity index is 5.11. The van der Waals surface area contributed by atoms with Crippen molar-refractivity contribution in [3.8, 4) is 0 Å². The molecule has 0 aliphatic rings. The predicted molar refractivity (Wildman–Crippen MR) is 377 cm³/mol. The van der Waals surface area contributed by atoms with E-state index in [4.69, 9.17) is 37.0 Å². The van der Waals surface area contributed by atoms with Crippen molar-refractivity contribution < 1.29 is 80.2 Å². The summed E-state index contributed by atoms with van der Waals surface area (Å²) in [6.07, 6.45) is 53.5. The summed E-state index contributed by atoms with van der Waals surface area (Å²) in [7, 11) is -9.89. The molecule has 0 aliphatic heterocycles. The van der Waals surface area contributed by atoms with Gasteiger partial charge in [-0.05, 0) is 37.5 Å². The summed E-state index contributed by atoms with van der Waals surface area (Å²) in [5.74, 6) is -0.616. The number of hydrogen-bond donors (Lipinski definition) is 3. The minimum Gasteiger partial charge on any atom is -0.462 e. The molecular formula is C74H144O17P2. The quantitative estimate of drug-likeness (QED) is 0.0222. The second-order valence-corrected chi connectivity index (χ2v) is 30.3. The van der Waals surface area contributed by atoms with Gasteiger partial charge < -0.3 is 33.8 Å². The summed E-state index contributed by atoms with van der Waals surface area (Å²) in [4.78, 5) is 72.3.